The van der Waals surface area contributed by atoms with Crippen LogP contribution in [0.5, 0.6) is 5.75 Å². The molecule has 2 atom stereocenters. The largest absolute Gasteiger partial charge is 0.490 e. The molecule has 1 aromatic rings. The first-order valence-electron chi connectivity index (χ1n) is 6.10. The summed E-state index contributed by atoms with van der Waals surface area (Å²) in [5.41, 5.74) is 5.73. The second-order valence-electron chi connectivity index (χ2n) is 4.84. The average Bonchev–Trinajstić information content (AvgIpc) is 2.31. The molecule has 0 saturated carbocycles. The van der Waals surface area contributed by atoms with Crippen LogP contribution in [-0.2, 0) is 4.79 Å². The van der Waals surface area contributed by atoms with Gasteiger partial charge >= 0.3 is 0 Å². The third-order valence-electron chi connectivity index (χ3n) is 3.21. The first-order valence-corrected chi connectivity index (χ1v) is 6.10. The fourth-order valence-corrected chi connectivity index (χ4v) is 1.85. The number of hydrogen-bond donors (Lipinski definition) is 2. The molecule has 0 bridgehead atoms. The van der Waals surface area contributed by atoms with Crippen LogP contribution in [0.2, 0.25) is 0 Å². The summed E-state index contributed by atoms with van der Waals surface area (Å²) >= 11 is 0. The maximum Gasteiger partial charge on any atom is 0.237 e. The molecule has 0 heterocycles. The van der Waals surface area contributed by atoms with E-state index < -0.39 is 5.54 Å². The van der Waals surface area contributed by atoms with Crippen molar-refractivity contribution in [2.24, 2.45) is 5.73 Å². The van der Waals surface area contributed by atoms with E-state index in [9.17, 15) is 4.79 Å². The number of nitrogens with two attached hydrogens (primary N) is 1. The van der Waals surface area contributed by atoms with Gasteiger partial charge in [0.15, 0.2) is 0 Å². The summed E-state index contributed by atoms with van der Waals surface area (Å²) in [6.45, 7) is 5.71. The molecule has 4 nitrogen and oxygen atoms in total. The second kappa shape index (κ2) is 5.87. The summed E-state index contributed by atoms with van der Waals surface area (Å²) < 4.78 is 5.85. The molecule has 0 fully saturated rings. The van der Waals surface area contributed by atoms with Gasteiger partial charge in [-0.25, -0.2) is 0 Å². The lowest BCUT2D eigenvalue weighted by Crippen LogP contribution is -2.53. The third kappa shape index (κ3) is 3.47. The van der Waals surface area contributed by atoms with E-state index in [4.69, 9.17) is 10.5 Å². The van der Waals surface area contributed by atoms with Crippen LogP contribution < -0.4 is 15.8 Å². The Bertz CT molecular complexity index is 420. The molecule has 3 N–H and O–H groups in total. The van der Waals surface area contributed by atoms with Gasteiger partial charge in [0.1, 0.15) is 5.75 Å². The highest BCUT2D eigenvalue weighted by molar-refractivity contribution is 5.84. The van der Waals surface area contributed by atoms with Gasteiger partial charge in [-0.3, -0.25) is 4.79 Å². The summed E-state index contributed by atoms with van der Waals surface area (Å²) in [5, 5.41) is 2.95. The maximum atomic E-state index is 11.4. The Morgan fingerprint density at radius 2 is 2.11 bits per heavy atom. The quantitative estimate of drug-likeness (QED) is 0.806. The van der Waals surface area contributed by atoms with Crippen LogP contribution >= 0.6 is 0 Å². The van der Waals surface area contributed by atoms with E-state index in [1.165, 1.54) is 0 Å². The maximum absolute atomic E-state index is 11.4. The summed E-state index contributed by atoms with van der Waals surface area (Å²) in [7, 11) is 1.73. The normalized spacial score (nSPS) is 15.8. The molecule has 0 aliphatic heterocycles. The van der Waals surface area contributed by atoms with Gasteiger partial charge in [0, 0.05) is 6.42 Å². The van der Waals surface area contributed by atoms with E-state index in [-0.39, 0.29) is 12.0 Å². The minimum Gasteiger partial charge on any atom is -0.490 e. The van der Waals surface area contributed by atoms with Gasteiger partial charge < -0.3 is 15.8 Å². The molecule has 0 radical (unpaired) electrons. The molecular weight excluding hydrogens is 228 g/mol. The molecule has 1 amide bonds. The number of aryl methyl sites for hydroxylation is 1. The van der Waals surface area contributed by atoms with Crippen molar-refractivity contribution in [1.82, 2.24) is 5.32 Å². The van der Waals surface area contributed by atoms with E-state index in [0.717, 1.165) is 11.3 Å². The molecule has 0 saturated heterocycles. The van der Waals surface area contributed by atoms with Crippen LogP contribution in [0.4, 0.5) is 0 Å². The lowest BCUT2D eigenvalue weighted by Gasteiger charge is -2.29. The van der Waals surface area contributed by atoms with Crippen LogP contribution in [0, 0.1) is 6.92 Å². The molecule has 0 aliphatic rings. The zero-order valence-corrected chi connectivity index (χ0v) is 11.5. The van der Waals surface area contributed by atoms with E-state index in [2.05, 4.69) is 5.32 Å². The Balaban J connectivity index is 2.70. The molecule has 4 heteroatoms. The van der Waals surface area contributed by atoms with Gasteiger partial charge in [-0.1, -0.05) is 18.2 Å². The summed E-state index contributed by atoms with van der Waals surface area (Å²) in [5.74, 6) is 0.471. The first-order chi connectivity index (χ1) is 8.39. The van der Waals surface area contributed by atoms with Crippen molar-refractivity contribution in [3.63, 3.8) is 0 Å². The minimum atomic E-state index is -0.748. The molecule has 1 aromatic carbocycles. The van der Waals surface area contributed by atoms with Gasteiger partial charge in [0.2, 0.25) is 5.91 Å². The SMILES string of the molecule is CNC(C)(CC(C)Oc1ccccc1C)C(N)=O. The number of benzene rings is 1. The fraction of sp³-hybridized carbons (Fsp3) is 0.500. The molecule has 1 rings (SSSR count). The molecule has 0 aromatic heterocycles. The van der Waals surface area contributed by atoms with Gasteiger partial charge in [-0.05, 0) is 39.4 Å². The predicted molar refractivity (Wildman–Crippen MR) is 72.5 cm³/mol. The van der Waals surface area contributed by atoms with E-state index in [1.807, 2.05) is 38.1 Å². The van der Waals surface area contributed by atoms with Crippen molar-refractivity contribution < 1.29 is 9.53 Å². The van der Waals surface area contributed by atoms with Crippen LogP contribution in [0.1, 0.15) is 25.8 Å². The van der Waals surface area contributed by atoms with Gasteiger partial charge in [-0.15, -0.1) is 0 Å². The van der Waals surface area contributed by atoms with Crippen molar-refractivity contribution in [3.8, 4) is 5.75 Å². The fourth-order valence-electron chi connectivity index (χ4n) is 1.85. The monoisotopic (exact) mass is 250 g/mol. The molecular formula is C14H22N2O2. The highest BCUT2D eigenvalue weighted by atomic mass is 16.5. The molecule has 0 spiro atoms. The number of amides is 1. The lowest BCUT2D eigenvalue weighted by atomic mass is 9.94. The Morgan fingerprint density at radius 3 is 2.61 bits per heavy atom. The molecule has 0 aliphatic carbocycles. The zero-order chi connectivity index (χ0) is 13.8. The smallest absolute Gasteiger partial charge is 0.237 e. The number of primary amides is 1. The van der Waals surface area contributed by atoms with Crippen molar-refractivity contribution >= 4 is 5.91 Å². The Hall–Kier alpha value is -1.55. The number of hydrogen-bond acceptors (Lipinski definition) is 3. The first kappa shape index (κ1) is 14.5. The Kier molecular flexibility index (Phi) is 4.73. The Labute approximate surface area is 109 Å². The average molecular weight is 250 g/mol. The number of carbonyl (C=O) groups is 1. The van der Waals surface area contributed by atoms with Crippen molar-refractivity contribution in [3.05, 3.63) is 29.8 Å². The van der Waals surface area contributed by atoms with Crippen LogP contribution in [0.25, 0.3) is 0 Å². The number of para-hydroxylation sites is 1. The summed E-state index contributed by atoms with van der Waals surface area (Å²) in [6, 6.07) is 7.81. The van der Waals surface area contributed by atoms with Gasteiger partial charge in [0.25, 0.3) is 0 Å². The van der Waals surface area contributed by atoms with Crippen LogP contribution in [-0.4, -0.2) is 24.6 Å². The van der Waals surface area contributed by atoms with Gasteiger partial charge in [0.05, 0.1) is 11.6 Å². The third-order valence-corrected chi connectivity index (χ3v) is 3.21. The van der Waals surface area contributed by atoms with Crippen LogP contribution in [0.3, 0.4) is 0 Å². The lowest BCUT2D eigenvalue weighted by molar-refractivity contribution is -0.124. The standard InChI is InChI=1S/C14H22N2O2/c1-10-7-5-6-8-12(10)18-11(2)9-14(3,16-4)13(15)17/h5-8,11,16H,9H2,1-4H3,(H2,15,17). The minimum absolute atomic E-state index is 0.101. The van der Waals surface area contributed by atoms with Crippen molar-refractivity contribution in [2.45, 2.75) is 38.8 Å². The van der Waals surface area contributed by atoms with E-state index in [1.54, 1.807) is 14.0 Å². The number of nitrogens with one attached hydrogen (secondary N) is 1. The van der Waals surface area contributed by atoms with E-state index >= 15 is 0 Å². The topological polar surface area (TPSA) is 64.3 Å². The Morgan fingerprint density at radius 1 is 1.50 bits per heavy atom. The van der Waals surface area contributed by atoms with Gasteiger partial charge in [-0.2, -0.15) is 0 Å². The number of likely N-dealkylation sites (N-methyl/N-ethyl adjacent to an activating group) is 1. The molecule has 100 valence electrons. The van der Waals surface area contributed by atoms with E-state index in [0.29, 0.717) is 6.42 Å². The molecule has 18 heavy (non-hydrogen) atoms. The zero-order valence-electron chi connectivity index (χ0n) is 11.5. The number of carbonyl (C=O) groups excluding carboxylic acids is 1. The summed E-state index contributed by atoms with van der Waals surface area (Å²) in [6.07, 6.45) is 0.420. The molecule has 2 unspecified atom stereocenters. The highest BCUT2D eigenvalue weighted by Gasteiger charge is 2.31. The number of ether oxygens (including phenoxy) is 1. The summed E-state index contributed by atoms with van der Waals surface area (Å²) in [4.78, 5) is 11.4. The number of rotatable bonds is 6. The van der Waals surface area contributed by atoms with Crippen LogP contribution in [0.15, 0.2) is 24.3 Å². The van der Waals surface area contributed by atoms with Crippen molar-refractivity contribution in [1.29, 1.82) is 0 Å². The second-order valence-corrected chi connectivity index (χ2v) is 4.84. The highest BCUT2D eigenvalue weighted by Crippen LogP contribution is 2.21. The van der Waals surface area contributed by atoms with Crippen molar-refractivity contribution in [2.75, 3.05) is 7.05 Å². The predicted octanol–water partition coefficient (Wildman–Crippen LogP) is 1.62.